The third-order valence-corrected chi connectivity index (χ3v) is 5.31. The zero-order valence-electron chi connectivity index (χ0n) is 15.0. The lowest BCUT2D eigenvalue weighted by Gasteiger charge is -2.22. The second-order valence-electron chi connectivity index (χ2n) is 6.96. The Hall–Kier alpha value is -2.75. The summed E-state index contributed by atoms with van der Waals surface area (Å²) in [5, 5.41) is 4.38. The van der Waals surface area contributed by atoms with Crippen LogP contribution in [0.1, 0.15) is 23.2 Å². The molecule has 4 nitrogen and oxygen atoms in total. The van der Waals surface area contributed by atoms with Gasteiger partial charge in [-0.2, -0.15) is 0 Å². The Morgan fingerprint density at radius 3 is 3.00 bits per heavy atom. The number of H-pyrrole nitrogens is 1. The van der Waals surface area contributed by atoms with E-state index >= 15 is 0 Å². The van der Waals surface area contributed by atoms with Crippen LogP contribution in [0, 0.1) is 5.92 Å². The predicted molar refractivity (Wildman–Crippen MR) is 104 cm³/mol. The van der Waals surface area contributed by atoms with E-state index in [1.54, 1.807) is 7.11 Å². The van der Waals surface area contributed by atoms with Crippen LogP contribution in [0.2, 0.25) is 0 Å². The topological polar surface area (TPSA) is 54.1 Å². The van der Waals surface area contributed by atoms with E-state index in [1.165, 1.54) is 27.7 Å². The van der Waals surface area contributed by atoms with Gasteiger partial charge in [-0.25, -0.2) is 0 Å². The average molecular weight is 348 g/mol. The van der Waals surface area contributed by atoms with Crippen LogP contribution < -0.4 is 10.1 Å². The van der Waals surface area contributed by atoms with Crippen molar-refractivity contribution in [3.8, 4) is 5.75 Å². The number of nitrogens with one attached hydrogen (secondary N) is 2. The average Bonchev–Trinajstić information content (AvgIpc) is 3.06. The van der Waals surface area contributed by atoms with Crippen molar-refractivity contribution in [2.75, 3.05) is 13.7 Å². The molecule has 0 aliphatic heterocycles. The minimum atomic E-state index is 0.0621. The smallest absolute Gasteiger partial charge is 0.223 e. The lowest BCUT2D eigenvalue weighted by Crippen LogP contribution is -2.35. The Labute approximate surface area is 153 Å². The summed E-state index contributed by atoms with van der Waals surface area (Å²) in [5.74, 6) is 1.09. The molecule has 2 aromatic carbocycles. The number of hydrogen-bond acceptors (Lipinski definition) is 2. The van der Waals surface area contributed by atoms with Crippen molar-refractivity contribution >= 4 is 16.8 Å². The lowest BCUT2D eigenvalue weighted by atomic mass is 9.86. The summed E-state index contributed by atoms with van der Waals surface area (Å²) in [6.45, 7) is 0.656. The standard InChI is InChI=1S/C22H24N2O2/c1-26-17-6-4-5-15(13-17)11-12-23-22(25)16-9-10-21-19(14-16)18-7-2-3-8-20(18)24-21/h2-8,13,16,24H,9-12,14H2,1H3,(H,23,25). The summed E-state index contributed by atoms with van der Waals surface area (Å²) in [6.07, 6.45) is 3.49. The van der Waals surface area contributed by atoms with E-state index in [9.17, 15) is 4.79 Å². The zero-order chi connectivity index (χ0) is 17.9. The Morgan fingerprint density at radius 1 is 1.23 bits per heavy atom. The molecule has 2 N–H and O–H groups in total. The molecule has 0 spiro atoms. The maximum absolute atomic E-state index is 12.6. The fourth-order valence-corrected chi connectivity index (χ4v) is 3.90. The van der Waals surface area contributed by atoms with Gasteiger partial charge in [0, 0.05) is 29.1 Å². The minimum absolute atomic E-state index is 0.0621. The highest BCUT2D eigenvalue weighted by Gasteiger charge is 2.27. The fraction of sp³-hybridized carbons (Fsp3) is 0.318. The zero-order valence-corrected chi connectivity index (χ0v) is 15.0. The Morgan fingerprint density at radius 2 is 2.12 bits per heavy atom. The van der Waals surface area contributed by atoms with Gasteiger partial charge in [0.25, 0.3) is 0 Å². The van der Waals surface area contributed by atoms with Crippen molar-refractivity contribution < 1.29 is 9.53 Å². The third-order valence-electron chi connectivity index (χ3n) is 5.31. The molecule has 0 bridgehead atoms. The van der Waals surface area contributed by atoms with Crippen LogP contribution in [0.3, 0.4) is 0 Å². The van der Waals surface area contributed by atoms with Gasteiger partial charge in [0.05, 0.1) is 7.11 Å². The molecular formula is C22H24N2O2. The number of carbonyl (C=O) groups excluding carboxylic acids is 1. The van der Waals surface area contributed by atoms with Crippen LogP contribution >= 0.6 is 0 Å². The molecular weight excluding hydrogens is 324 g/mol. The normalized spacial score (nSPS) is 16.3. The number of hydrogen-bond donors (Lipinski definition) is 2. The molecule has 0 radical (unpaired) electrons. The van der Waals surface area contributed by atoms with Crippen molar-refractivity contribution in [1.82, 2.24) is 10.3 Å². The molecule has 4 rings (SSSR count). The fourth-order valence-electron chi connectivity index (χ4n) is 3.90. The maximum atomic E-state index is 12.6. The summed E-state index contributed by atoms with van der Waals surface area (Å²) in [7, 11) is 1.67. The van der Waals surface area contributed by atoms with Gasteiger partial charge in [0.2, 0.25) is 5.91 Å². The number of aromatic nitrogens is 1. The molecule has 1 unspecified atom stereocenters. The van der Waals surface area contributed by atoms with Crippen LogP contribution in [0.4, 0.5) is 0 Å². The first-order valence-corrected chi connectivity index (χ1v) is 9.23. The predicted octanol–water partition coefficient (Wildman–Crippen LogP) is 3.64. The van der Waals surface area contributed by atoms with Crippen molar-refractivity contribution in [3.05, 3.63) is 65.4 Å². The lowest BCUT2D eigenvalue weighted by molar-refractivity contribution is -0.125. The van der Waals surface area contributed by atoms with Gasteiger partial charge in [-0.3, -0.25) is 4.79 Å². The molecule has 26 heavy (non-hydrogen) atoms. The molecule has 3 aromatic rings. The number of aryl methyl sites for hydroxylation is 1. The summed E-state index contributed by atoms with van der Waals surface area (Å²) in [4.78, 5) is 16.1. The molecule has 1 amide bonds. The summed E-state index contributed by atoms with van der Waals surface area (Å²) in [5.41, 5.74) is 4.97. The first-order chi connectivity index (χ1) is 12.7. The van der Waals surface area contributed by atoms with Gasteiger partial charge in [-0.1, -0.05) is 30.3 Å². The molecule has 0 fully saturated rings. The van der Waals surface area contributed by atoms with Crippen LogP contribution in [0.25, 0.3) is 10.9 Å². The summed E-state index contributed by atoms with van der Waals surface area (Å²) in [6, 6.07) is 16.4. The number of rotatable bonds is 5. The van der Waals surface area contributed by atoms with E-state index in [4.69, 9.17) is 4.74 Å². The van der Waals surface area contributed by atoms with Crippen molar-refractivity contribution in [2.24, 2.45) is 5.92 Å². The number of fused-ring (bicyclic) bond motifs is 3. The molecule has 1 aromatic heterocycles. The van der Waals surface area contributed by atoms with E-state index in [0.29, 0.717) is 6.54 Å². The van der Waals surface area contributed by atoms with Gasteiger partial charge in [-0.05, 0) is 55.0 Å². The van der Waals surface area contributed by atoms with E-state index in [2.05, 4.69) is 34.6 Å². The molecule has 0 saturated heterocycles. The van der Waals surface area contributed by atoms with E-state index in [-0.39, 0.29) is 11.8 Å². The largest absolute Gasteiger partial charge is 0.497 e. The highest BCUT2D eigenvalue weighted by molar-refractivity contribution is 5.87. The number of aromatic amines is 1. The minimum Gasteiger partial charge on any atom is -0.497 e. The molecule has 0 saturated carbocycles. The van der Waals surface area contributed by atoms with Crippen LogP contribution in [0.5, 0.6) is 5.75 Å². The highest BCUT2D eigenvalue weighted by Crippen LogP contribution is 2.31. The summed E-state index contributed by atoms with van der Waals surface area (Å²) >= 11 is 0. The maximum Gasteiger partial charge on any atom is 0.223 e. The number of amides is 1. The van der Waals surface area contributed by atoms with Gasteiger partial charge in [0.15, 0.2) is 0 Å². The summed E-state index contributed by atoms with van der Waals surface area (Å²) < 4.78 is 5.25. The molecule has 4 heteroatoms. The van der Waals surface area contributed by atoms with Crippen LogP contribution in [0.15, 0.2) is 48.5 Å². The number of para-hydroxylation sites is 1. The van der Waals surface area contributed by atoms with Gasteiger partial charge >= 0.3 is 0 Å². The Balaban J connectivity index is 1.37. The highest BCUT2D eigenvalue weighted by atomic mass is 16.5. The van der Waals surface area contributed by atoms with E-state index in [1.807, 2.05) is 24.3 Å². The second kappa shape index (κ2) is 7.24. The quantitative estimate of drug-likeness (QED) is 0.740. The van der Waals surface area contributed by atoms with Gasteiger partial charge in [0.1, 0.15) is 5.75 Å². The van der Waals surface area contributed by atoms with Crippen LogP contribution in [-0.4, -0.2) is 24.5 Å². The Kier molecular flexibility index (Phi) is 4.65. The molecule has 1 atom stereocenters. The first-order valence-electron chi connectivity index (χ1n) is 9.23. The molecule has 1 aliphatic rings. The molecule has 1 heterocycles. The van der Waals surface area contributed by atoms with Crippen LogP contribution in [-0.2, 0) is 24.1 Å². The molecule has 134 valence electrons. The number of methoxy groups -OCH3 is 1. The second-order valence-corrected chi connectivity index (χ2v) is 6.96. The SMILES string of the molecule is COc1cccc(CCNC(=O)C2CCc3[nH]c4ccccc4c3C2)c1. The number of carbonyl (C=O) groups is 1. The van der Waals surface area contributed by atoms with Crippen molar-refractivity contribution in [2.45, 2.75) is 25.7 Å². The van der Waals surface area contributed by atoms with Gasteiger partial charge < -0.3 is 15.0 Å². The Bertz CT molecular complexity index is 929. The monoisotopic (exact) mass is 348 g/mol. The third kappa shape index (κ3) is 3.32. The van der Waals surface area contributed by atoms with E-state index in [0.717, 1.165) is 31.4 Å². The number of ether oxygens (including phenoxy) is 1. The molecule has 1 aliphatic carbocycles. The first kappa shape index (κ1) is 16.7. The number of benzene rings is 2. The van der Waals surface area contributed by atoms with Crippen molar-refractivity contribution in [3.63, 3.8) is 0 Å². The van der Waals surface area contributed by atoms with Crippen molar-refractivity contribution in [1.29, 1.82) is 0 Å². The van der Waals surface area contributed by atoms with E-state index < -0.39 is 0 Å². The van der Waals surface area contributed by atoms with Gasteiger partial charge in [-0.15, -0.1) is 0 Å².